The van der Waals surface area contributed by atoms with Crippen LogP contribution in [0.4, 0.5) is 11.5 Å². The van der Waals surface area contributed by atoms with Crippen molar-refractivity contribution in [1.29, 1.82) is 0 Å². The van der Waals surface area contributed by atoms with E-state index in [-0.39, 0.29) is 35.0 Å². The van der Waals surface area contributed by atoms with E-state index in [1.165, 1.54) is 34.9 Å². The van der Waals surface area contributed by atoms with Gasteiger partial charge in [0, 0.05) is 18.1 Å². The molecule has 146 valence electrons. The summed E-state index contributed by atoms with van der Waals surface area (Å²) in [5.74, 6) is 0.268. The molecule has 0 saturated heterocycles. The van der Waals surface area contributed by atoms with Crippen LogP contribution in [0, 0.1) is 6.92 Å². The van der Waals surface area contributed by atoms with E-state index in [0.29, 0.717) is 11.3 Å². The molecular weight excluding hydrogens is 382 g/mol. The van der Waals surface area contributed by atoms with Crippen molar-refractivity contribution in [2.45, 2.75) is 11.8 Å². The second-order valence-corrected chi connectivity index (χ2v) is 7.58. The maximum absolute atomic E-state index is 12.9. The Bertz CT molecular complexity index is 1200. The van der Waals surface area contributed by atoms with Gasteiger partial charge in [-0.1, -0.05) is 6.07 Å². The average Bonchev–Trinajstić information content (AvgIpc) is 2.65. The number of nitrogens with two attached hydrogens (primary N) is 1. The van der Waals surface area contributed by atoms with E-state index in [1.807, 2.05) is 13.0 Å². The Morgan fingerprint density at radius 3 is 2.64 bits per heavy atom. The predicted molar refractivity (Wildman–Crippen MR) is 107 cm³/mol. The number of nitrogens with one attached hydrogen (secondary N) is 1. The highest BCUT2D eigenvalue weighted by Crippen LogP contribution is 2.19. The van der Waals surface area contributed by atoms with E-state index in [1.54, 1.807) is 12.3 Å². The Hall–Kier alpha value is -3.08. The Kier molecular flexibility index (Phi) is 5.54. The number of anilines is 2. The number of primary sulfonamides is 1. The van der Waals surface area contributed by atoms with Gasteiger partial charge in [0.1, 0.15) is 17.0 Å². The van der Waals surface area contributed by atoms with E-state index in [0.717, 1.165) is 5.56 Å². The molecule has 0 aliphatic carbocycles. The molecule has 9 nitrogen and oxygen atoms in total. The summed E-state index contributed by atoms with van der Waals surface area (Å²) in [4.78, 5) is 21.5. The Balaban J connectivity index is 2.11. The van der Waals surface area contributed by atoms with Crippen molar-refractivity contribution < 1.29 is 13.5 Å². The third kappa shape index (κ3) is 4.09. The summed E-state index contributed by atoms with van der Waals surface area (Å²) in [6.07, 6.45) is 2.98. The van der Waals surface area contributed by atoms with Gasteiger partial charge < -0.3 is 10.4 Å². The molecule has 0 saturated carbocycles. The van der Waals surface area contributed by atoms with Crippen LogP contribution < -0.4 is 16.0 Å². The molecule has 2 heterocycles. The number of aryl methyl sites for hydroxylation is 1. The van der Waals surface area contributed by atoms with Gasteiger partial charge in [0.05, 0.1) is 18.0 Å². The van der Waals surface area contributed by atoms with E-state index >= 15 is 0 Å². The minimum Gasteiger partial charge on any atom is -0.394 e. The van der Waals surface area contributed by atoms with Crippen LogP contribution in [0.3, 0.4) is 0 Å². The van der Waals surface area contributed by atoms with Crippen LogP contribution in [0.25, 0.3) is 5.65 Å². The van der Waals surface area contributed by atoms with Gasteiger partial charge in [-0.05, 0) is 42.8 Å². The van der Waals surface area contributed by atoms with Gasteiger partial charge in [-0.3, -0.25) is 14.2 Å². The lowest BCUT2D eigenvalue weighted by Gasteiger charge is -2.12. The van der Waals surface area contributed by atoms with Crippen molar-refractivity contribution in [1.82, 2.24) is 9.38 Å². The van der Waals surface area contributed by atoms with Crippen molar-refractivity contribution in [3.63, 3.8) is 0 Å². The standard InChI is InChI=1S/C18H19N5O4S/c1-12-3-2-9-23-17(12)22-16(15(18(23)25)11-20-8-10-24)21-13-4-6-14(7-5-13)28(19,26)27/h2-7,9,11,21,24H,8,10H2,1H3,(H2,19,26,27). The molecule has 0 atom stereocenters. The van der Waals surface area contributed by atoms with Gasteiger partial charge in [0.25, 0.3) is 5.56 Å². The number of aromatic nitrogens is 2. The topological polar surface area (TPSA) is 139 Å². The summed E-state index contributed by atoms with van der Waals surface area (Å²) < 4.78 is 24.2. The van der Waals surface area contributed by atoms with E-state index in [4.69, 9.17) is 10.2 Å². The van der Waals surface area contributed by atoms with Crippen LogP contribution in [-0.2, 0) is 10.0 Å². The fraction of sp³-hybridized carbons (Fsp3) is 0.167. The number of pyridine rings is 1. The molecule has 0 unspecified atom stereocenters. The van der Waals surface area contributed by atoms with Crippen molar-refractivity contribution in [3.8, 4) is 0 Å². The first-order valence-electron chi connectivity index (χ1n) is 8.34. The molecule has 3 aromatic rings. The van der Waals surface area contributed by atoms with Crippen LogP contribution in [0.5, 0.6) is 0 Å². The number of sulfonamides is 1. The second kappa shape index (κ2) is 7.89. The number of fused-ring (bicyclic) bond motifs is 1. The molecule has 2 aromatic heterocycles. The number of aliphatic hydroxyl groups is 1. The molecule has 0 fully saturated rings. The van der Waals surface area contributed by atoms with Crippen molar-refractivity contribution in [2.75, 3.05) is 18.5 Å². The molecule has 1 aromatic carbocycles. The molecular formula is C18H19N5O4S. The lowest BCUT2D eigenvalue weighted by molar-refractivity contribution is 0.307. The zero-order chi connectivity index (χ0) is 20.3. The number of aliphatic hydroxyl groups excluding tert-OH is 1. The molecule has 0 aliphatic rings. The first-order chi connectivity index (χ1) is 13.3. The Morgan fingerprint density at radius 2 is 2.00 bits per heavy atom. The molecule has 0 amide bonds. The number of rotatable bonds is 6. The van der Waals surface area contributed by atoms with E-state index in [9.17, 15) is 13.2 Å². The lowest BCUT2D eigenvalue weighted by Crippen LogP contribution is -2.22. The number of aliphatic imine (C=N–C) groups is 1. The predicted octanol–water partition coefficient (Wildman–Crippen LogP) is 0.805. The van der Waals surface area contributed by atoms with Crippen LogP contribution in [-0.4, -0.2) is 42.3 Å². The summed E-state index contributed by atoms with van der Waals surface area (Å²) in [5.41, 5.74) is 1.71. The highest BCUT2D eigenvalue weighted by Gasteiger charge is 2.13. The Morgan fingerprint density at radius 1 is 1.29 bits per heavy atom. The van der Waals surface area contributed by atoms with Gasteiger partial charge in [-0.2, -0.15) is 0 Å². The van der Waals surface area contributed by atoms with Gasteiger partial charge >= 0.3 is 0 Å². The normalized spacial score (nSPS) is 12.0. The average molecular weight is 401 g/mol. The molecule has 0 radical (unpaired) electrons. The van der Waals surface area contributed by atoms with Crippen molar-refractivity contribution >= 4 is 33.4 Å². The third-order valence-corrected chi connectivity index (χ3v) is 4.91. The maximum Gasteiger partial charge on any atom is 0.268 e. The number of nitrogens with zero attached hydrogens (tertiary/aromatic N) is 3. The van der Waals surface area contributed by atoms with E-state index < -0.39 is 10.0 Å². The summed E-state index contributed by atoms with van der Waals surface area (Å²) >= 11 is 0. The number of benzene rings is 1. The summed E-state index contributed by atoms with van der Waals surface area (Å²) in [5, 5.41) is 17.1. The fourth-order valence-corrected chi connectivity index (χ4v) is 3.12. The zero-order valence-corrected chi connectivity index (χ0v) is 15.8. The van der Waals surface area contributed by atoms with Crippen LogP contribution >= 0.6 is 0 Å². The number of hydrogen-bond donors (Lipinski definition) is 3. The highest BCUT2D eigenvalue weighted by molar-refractivity contribution is 7.89. The molecule has 0 aliphatic heterocycles. The fourth-order valence-electron chi connectivity index (χ4n) is 2.60. The second-order valence-electron chi connectivity index (χ2n) is 6.02. The Labute approximate surface area is 161 Å². The zero-order valence-electron chi connectivity index (χ0n) is 15.0. The molecule has 28 heavy (non-hydrogen) atoms. The first kappa shape index (κ1) is 19.7. The summed E-state index contributed by atoms with van der Waals surface area (Å²) in [6, 6.07) is 9.35. The minimum atomic E-state index is -3.80. The van der Waals surface area contributed by atoms with Crippen molar-refractivity contribution in [2.24, 2.45) is 10.1 Å². The van der Waals surface area contributed by atoms with Crippen LogP contribution in [0.2, 0.25) is 0 Å². The van der Waals surface area contributed by atoms with Gasteiger partial charge in [0.15, 0.2) is 0 Å². The quantitative estimate of drug-likeness (QED) is 0.522. The molecule has 0 spiro atoms. The molecule has 10 heteroatoms. The molecule has 4 N–H and O–H groups in total. The van der Waals surface area contributed by atoms with Crippen LogP contribution in [0.1, 0.15) is 11.1 Å². The van der Waals surface area contributed by atoms with Gasteiger partial charge in [-0.25, -0.2) is 18.5 Å². The molecule has 0 bridgehead atoms. The minimum absolute atomic E-state index is 0.0230. The number of hydrogen-bond acceptors (Lipinski definition) is 7. The first-order valence-corrected chi connectivity index (χ1v) is 9.88. The van der Waals surface area contributed by atoms with E-state index in [2.05, 4.69) is 15.3 Å². The van der Waals surface area contributed by atoms with Crippen LogP contribution in [0.15, 0.2) is 57.3 Å². The SMILES string of the molecule is Cc1cccn2c(=O)c(C=NCCO)c(Nc3ccc(S(N)(=O)=O)cc3)nc12. The smallest absolute Gasteiger partial charge is 0.268 e. The monoisotopic (exact) mass is 401 g/mol. The van der Waals surface area contributed by atoms with Gasteiger partial charge in [0.2, 0.25) is 10.0 Å². The highest BCUT2D eigenvalue weighted by atomic mass is 32.2. The van der Waals surface area contributed by atoms with Gasteiger partial charge in [-0.15, -0.1) is 0 Å². The summed E-state index contributed by atoms with van der Waals surface area (Å²) in [6.45, 7) is 1.85. The summed E-state index contributed by atoms with van der Waals surface area (Å²) in [7, 11) is -3.80. The largest absolute Gasteiger partial charge is 0.394 e. The lowest BCUT2D eigenvalue weighted by atomic mass is 10.2. The maximum atomic E-state index is 12.9. The molecule has 3 rings (SSSR count). The van der Waals surface area contributed by atoms with Crippen molar-refractivity contribution in [3.05, 3.63) is 64.1 Å². The third-order valence-electron chi connectivity index (χ3n) is 3.98.